The molecule has 3 aromatic rings. The lowest BCUT2D eigenvalue weighted by Crippen LogP contribution is -2.24. The largest absolute Gasteiger partial charge is 0.394 e. The highest BCUT2D eigenvalue weighted by Crippen LogP contribution is 2.38. The van der Waals surface area contributed by atoms with Gasteiger partial charge in [0.2, 0.25) is 0 Å². The predicted octanol–water partition coefficient (Wildman–Crippen LogP) is 2.04. The Hall–Kier alpha value is -2.13. The number of hydrogen-bond donors (Lipinski definition) is 3. The van der Waals surface area contributed by atoms with Crippen LogP contribution in [0.3, 0.4) is 0 Å². The first-order chi connectivity index (χ1) is 12.6. The average Bonchev–Trinajstić information content (AvgIpc) is 3.23. The lowest BCUT2D eigenvalue weighted by molar-refractivity contribution is -0.0430. The molecule has 136 valence electrons. The fourth-order valence-electron chi connectivity index (χ4n) is 3.37. The smallest absolute Gasteiger partial charge is 0.148 e. The van der Waals surface area contributed by atoms with Gasteiger partial charge in [-0.15, -0.1) is 11.8 Å². The van der Waals surface area contributed by atoms with Crippen molar-refractivity contribution in [2.45, 2.75) is 29.8 Å². The first kappa shape index (κ1) is 17.3. The van der Waals surface area contributed by atoms with Crippen LogP contribution < -0.4 is 5.73 Å². The fraction of sp³-hybridized carbons (Fsp3) is 0.333. The van der Waals surface area contributed by atoms with Crippen molar-refractivity contribution in [1.29, 1.82) is 0 Å². The first-order valence-corrected chi connectivity index (χ1v) is 9.54. The van der Waals surface area contributed by atoms with E-state index in [1.54, 1.807) is 11.8 Å². The van der Waals surface area contributed by atoms with E-state index in [1.807, 2.05) is 29.2 Å². The molecule has 1 saturated heterocycles. The summed E-state index contributed by atoms with van der Waals surface area (Å²) in [4.78, 5) is 9.69. The Balaban J connectivity index is 1.84. The highest BCUT2D eigenvalue weighted by Gasteiger charge is 2.35. The summed E-state index contributed by atoms with van der Waals surface area (Å²) in [6, 6.07) is 8.19. The normalized spacial score (nSPS) is 23.0. The molecule has 0 bridgehead atoms. The van der Waals surface area contributed by atoms with Crippen LogP contribution in [-0.2, 0) is 4.74 Å². The summed E-state index contributed by atoms with van der Waals surface area (Å²) in [5.74, 6) is 0.398. The van der Waals surface area contributed by atoms with Crippen LogP contribution in [0.1, 0.15) is 12.6 Å². The number of aliphatic hydroxyl groups excluding tert-OH is 2. The van der Waals surface area contributed by atoms with Gasteiger partial charge in [0.1, 0.15) is 30.1 Å². The molecule has 4 rings (SSSR count). The van der Waals surface area contributed by atoms with Gasteiger partial charge in [0.05, 0.1) is 18.1 Å². The molecule has 7 nitrogen and oxygen atoms in total. The Morgan fingerprint density at radius 3 is 2.73 bits per heavy atom. The molecule has 0 amide bonds. The fourth-order valence-corrected chi connectivity index (χ4v) is 3.78. The molecule has 0 spiro atoms. The third-order valence-electron chi connectivity index (χ3n) is 4.73. The second-order valence-electron chi connectivity index (χ2n) is 6.25. The Kier molecular flexibility index (Phi) is 4.58. The number of thioether (sulfide) groups is 1. The molecule has 1 aliphatic rings. The first-order valence-electron chi connectivity index (χ1n) is 8.32. The Labute approximate surface area is 154 Å². The molecule has 0 saturated carbocycles. The predicted molar refractivity (Wildman–Crippen MR) is 101 cm³/mol. The summed E-state index contributed by atoms with van der Waals surface area (Å²) < 4.78 is 7.67. The van der Waals surface area contributed by atoms with Gasteiger partial charge in [0.25, 0.3) is 0 Å². The third-order valence-corrected chi connectivity index (χ3v) is 5.48. The summed E-state index contributed by atoms with van der Waals surface area (Å²) in [6.45, 7) is -0.225. The van der Waals surface area contributed by atoms with Crippen molar-refractivity contribution in [3.63, 3.8) is 0 Å². The monoisotopic (exact) mass is 372 g/mol. The van der Waals surface area contributed by atoms with Crippen LogP contribution in [0.4, 0.5) is 5.82 Å². The maximum Gasteiger partial charge on any atom is 0.148 e. The number of nitrogens with two attached hydrogens (primary N) is 1. The van der Waals surface area contributed by atoms with E-state index < -0.39 is 18.4 Å². The Morgan fingerprint density at radius 1 is 1.31 bits per heavy atom. The number of fused-ring (bicyclic) bond motifs is 1. The number of nitrogen functional groups attached to an aromatic ring is 1. The van der Waals surface area contributed by atoms with Crippen molar-refractivity contribution in [1.82, 2.24) is 14.5 Å². The van der Waals surface area contributed by atoms with Crippen molar-refractivity contribution in [2.75, 3.05) is 18.6 Å². The molecule has 8 heteroatoms. The number of rotatable bonds is 4. The molecule has 4 N–H and O–H groups in total. The van der Waals surface area contributed by atoms with E-state index in [0.29, 0.717) is 17.9 Å². The maximum atomic E-state index is 10.1. The van der Waals surface area contributed by atoms with Crippen molar-refractivity contribution >= 4 is 28.6 Å². The second kappa shape index (κ2) is 6.88. The van der Waals surface area contributed by atoms with Gasteiger partial charge in [-0.1, -0.05) is 12.1 Å². The van der Waals surface area contributed by atoms with Gasteiger partial charge in [-0.2, -0.15) is 0 Å². The van der Waals surface area contributed by atoms with Crippen LogP contribution in [0.15, 0.2) is 41.7 Å². The van der Waals surface area contributed by atoms with Gasteiger partial charge in [-0.05, 0) is 24.0 Å². The van der Waals surface area contributed by atoms with Gasteiger partial charge in [0, 0.05) is 23.1 Å². The molecule has 1 aliphatic heterocycles. The van der Waals surface area contributed by atoms with Crippen LogP contribution >= 0.6 is 11.8 Å². The van der Waals surface area contributed by atoms with Crippen LogP contribution in [0.25, 0.3) is 22.2 Å². The number of anilines is 1. The lowest BCUT2D eigenvalue weighted by Gasteiger charge is -2.14. The van der Waals surface area contributed by atoms with E-state index >= 15 is 0 Å². The van der Waals surface area contributed by atoms with Crippen molar-refractivity contribution in [2.24, 2.45) is 0 Å². The topological polar surface area (TPSA) is 106 Å². The number of nitrogens with zero attached hydrogens (tertiary/aromatic N) is 3. The molecular weight excluding hydrogens is 352 g/mol. The van der Waals surface area contributed by atoms with Crippen molar-refractivity contribution < 1.29 is 14.9 Å². The lowest BCUT2D eigenvalue weighted by atomic mass is 10.1. The SMILES string of the molecule is CSc1ccc(-c2cn([C@H]3C[C@H](O)[C@@H](CO)O3)c3ncnc(N)c23)cc1. The third kappa shape index (κ3) is 2.84. The summed E-state index contributed by atoms with van der Waals surface area (Å²) in [6.07, 6.45) is 4.03. The molecule has 26 heavy (non-hydrogen) atoms. The van der Waals surface area contributed by atoms with Crippen molar-refractivity contribution in [3.8, 4) is 11.1 Å². The highest BCUT2D eigenvalue weighted by atomic mass is 32.2. The van der Waals surface area contributed by atoms with Crippen LogP contribution in [-0.4, -0.2) is 49.8 Å². The van der Waals surface area contributed by atoms with Crippen molar-refractivity contribution in [3.05, 3.63) is 36.8 Å². The molecule has 0 radical (unpaired) electrons. The second-order valence-corrected chi connectivity index (χ2v) is 7.13. The van der Waals surface area contributed by atoms with Gasteiger partial charge >= 0.3 is 0 Å². The van der Waals surface area contributed by atoms with E-state index in [0.717, 1.165) is 16.5 Å². The zero-order valence-corrected chi connectivity index (χ0v) is 15.1. The van der Waals surface area contributed by atoms with Gasteiger partial charge in [-0.3, -0.25) is 0 Å². The Morgan fingerprint density at radius 2 is 2.08 bits per heavy atom. The zero-order valence-electron chi connectivity index (χ0n) is 14.2. The van der Waals surface area contributed by atoms with Crippen LogP contribution in [0.2, 0.25) is 0 Å². The number of aliphatic hydroxyl groups is 2. The quantitative estimate of drug-likeness (QED) is 0.602. The average molecular weight is 372 g/mol. The summed E-state index contributed by atoms with van der Waals surface area (Å²) in [5, 5.41) is 20.2. The van der Waals surface area contributed by atoms with E-state index in [9.17, 15) is 10.2 Å². The molecule has 2 aromatic heterocycles. The van der Waals surface area contributed by atoms with Crippen LogP contribution in [0, 0.1) is 0 Å². The maximum absolute atomic E-state index is 10.1. The summed E-state index contributed by atoms with van der Waals surface area (Å²) in [5.41, 5.74) is 8.71. The van der Waals surface area contributed by atoms with Crippen LogP contribution in [0.5, 0.6) is 0 Å². The number of hydrogen-bond acceptors (Lipinski definition) is 7. The molecule has 3 heterocycles. The van der Waals surface area contributed by atoms with E-state index in [-0.39, 0.29) is 6.61 Å². The number of benzene rings is 1. The van der Waals surface area contributed by atoms with E-state index in [1.165, 1.54) is 11.2 Å². The minimum atomic E-state index is -0.717. The molecule has 1 aromatic carbocycles. The van der Waals surface area contributed by atoms with E-state index in [4.69, 9.17) is 10.5 Å². The molecule has 0 aliphatic carbocycles. The molecule has 0 unspecified atom stereocenters. The minimum absolute atomic E-state index is 0.225. The van der Waals surface area contributed by atoms with E-state index in [2.05, 4.69) is 22.1 Å². The number of aromatic nitrogens is 3. The minimum Gasteiger partial charge on any atom is -0.394 e. The van der Waals surface area contributed by atoms with Gasteiger partial charge in [0.15, 0.2) is 0 Å². The molecular formula is C18H20N4O3S. The summed E-state index contributed by atoms with van der Waals surface area (Å²) in [7, 11) is 0. The zero-order chi connectivity index (χ0) is 18.3. The molecule has 1 fully saturated rings. The Bertz CT molecular complexity index is 928. The standard InChI is InChI=1S/C18H20N4O3S/c1-26-11-4-2-10(3-5-11)12-7-22(15-6-13(24)14(8-23)25-15)18-16(12)17(19)20-9-21-18/h2-5,7,9,13-15,23-24H,6,8H2,1H3,(H2,19,20,21)/t13-,14+,15+/m0/s1. The highest BCUT2D eigenvalue weighted by molar-refractivity contribution is 7.98. The number of ether oxygens (including phenoxy) is 1. The summed E-state index contributed by atoms with van der Waals surface area (Å²) >= 11 is 1.68. The van der Waals surface area contributed by atoms with Gasteiger partial charge in [-0.25, -0.2) is 9.97 Å². The van der Waals surface area contributed by atoms with Gasteiger partial charge < -0.3 is 25.3 Å². The molecule has 3 atom stereocenters.